The quantitative estimate of drug-likeness (QED) is 0.451. The van der Waals surface area contributed by atoms with Gasteiger partial charge in [-0.1, -0.05) is 22.6 Å². The number of hydrogen-bond acceptors (Lipinski definition) is 2. The lowest BCUT2D eigenvalue weighted by molar-refractivity contribution is 1.24. The van der Waals surface area contributed by atoms with Crippen LogP contribution in [-0.4, -0.2) is 15.9 Å². The number of halogens is 1. The van der Waals surface area contributed by atoms with E-state index in [1.54, 1.807) is 12.4 Å². The molecule has 1 rings (SSSR count). The first-order valence-corrected chi connectivity index (χ1v) is 3.71. The van der Waals surface area contributed by atoms with Crippen LogP contribution in [0.2, 0.25) is 0 Å². The fourth-order valence-corrected chi connectivity index (χ4v) is 0.809. The maximum atomic E-state index is 3.99. The highest BCUT2D eigenvalue weighted by molar-refractivity contribution is 14.1. The summed E-state index contributed by atoms with van der Waals surface area (Å²) in [5, 5.41) is 0. The molecule has 0 fully saturated rings. The van der Waals surface area contributed by atoms with Gasteiger partial charge in [0.1, 0.15) is 0 Å². The van der Waals surface area contributed by atoms with Gasteiger partial charge < -0.3 is 0 Å². The maximum Gasteiger partial charge on any atom is 0.0894 e. The molecule has 0 aromatic rings. The maximum absolute atomic E-state index is 3.99. The molecule has 0 unspecified atom stereocenters. The monoisotopic (exact) mass is 234 g/mol. The summed E-state index contributed by atoms with van der Waals surface area (Å²) in [6.07, 6.45) is 7.09. The summed E-state index contributed by atoms with van der Waals surface area (Å²) in [5.41, 5.74) is 0. The second-order valence-electron chi connectivity index (χ2n) is 2.01. The molecule has 0 radical (unpaired) electrons. The van der Waals surface area contributed by atoms with Gasteiger partial charge >= 0.3 is 0 Å². The van der Waals surface area contributed by atoms with Crippen molar-refractivity contribution in [3.05, 3.63) is 12.4 Å². The van der Waals surface area contributed by atoms with Gasteiger partial charge in [0.05, 0.1) is 3.42 Å². The Balaban J connectivity index is 2.82. The molecular weight excluding hydrogens is 227 g/mol. The Labute approximate surface area is 67.9 Å². The molecule has 0 N–H and O–H groups in total. The molecule has 1 aliphatic heterocycles. The number of nitrogens with zero attached hydrogens (tertiary/aromatic N) is 2. The Hall–Kier alpha value is -0.190. The topological polar surface area (TPSA) is 24.7 Å². The van der Waals surface area contributed by atoms with E-state index in [-0.39, 0.29) is 3.42 Å². The molecule has 0 aromatic heterocycles. The molecule has 0 saturated carbocycles. The number of hydrogen-bond donors (Lipinski definition) is 0. The summed E-state index contributed by atoms with van der Waals surface area (Å²) in [4.78, 5) is 7.97. The molecule has 0 amide bonds. The van der Waals surface area contributed by atoms with Gasteiger partial charge in [-0.2, -0.15) is 0 Å². The van der Waals surface area contributed by atoms with Gasteiger partial charge in [-0.05, 0) is 6.92 Å². The molecule has 0 saturated heterocycles. The summed E-state index contributed by atoms with van der Waals surface area (Å²) in [6, 6.07) is 0. The molecule has 48 valence electrons. The van der Waals surface area contributed by atoms with Crippen molar-refractivity contribution in [2.24, 2.45) is 9.98 Å². The largest absolute Gasteiger partial charge is 0.266 e. The van der Waals surface area contributed by atoms with Crippen LogP contribution in [0.1, 0.15) is 6.92 Å². The lowest BCUT2D eigenvalue weighted by Gasteiger charge is -2.06. The van der Waals surface area contributed by atoms with Gasteiger partial charge in [0.2, 0.25) is 0 Å². The van der Waals surface area contributed by atoms with Gasteiger partial charge in [-0.3, -0.25) is 9.98 Å². The van der Waals surface area contributed by atoms with Crippen molar-refractivity contribution >= 4 is 35.0 Å². The van der Waals surface area contributed by atoms with E-state index in [2.05, 4.69) is 32.6 Å². The van der Waals surface area contributed by atoms with Crippen molar-refractivity contribution in [1.29, 1.82) is 0 Å². The Bertz CT molecular complexity index is 161. The average Bonchev–Trinajstić information content (AvgIpc) is 1.92. The number of aliphatic imine (C=N–C) groups is 2. The Kier molecular flexibility index (Phi) is 2.00. The Morgan fingerprint density at radius 3 is 2.11 bits per heavy atom. The Morgan fingerprint density at radius 1 is 1.22 bits per heavy atom. The van der Waals surface area contributed by atoms with Gasteiger partial charge in [-0.25, -0.2) is 0 Å². The van der Waals surface area contributed by atoms with Crippen molar-refractivity contribution in [2.45, 2.75) is 10.3 Å². The highest BCUT2D eigenvalue weighted by atomic mass is 127. The van der Waals surface area contributed by atoms with Crippen molar-refractivity contribution in [3.8, 4) is 0 Å². The average molecular weight is 234 g/mol. The predicted molar refractivity (Wildman–Crippen MR) is 48.5 cm³/mol. The fourth-order valence-electron chi connectivity index (χ4n) is 0.488. The molecule has 0 atom stereocenters. The first-order chi connectivity index (χ1) is 4.21. The van der Waals surface area contributed by atoms with E-state index in [9.17, 15) is 0 Å². The van der Waals surface area contributed by atoms with E-state index in [1.165, 1.54) is 0 Å². The third kappa shape index (κ3) is 2.26. The highest BCUT2D eigenvalue weighted by Gasteiger charge is 2.13. The zero-order chi connectivity index (χ0) is 6.74. The Morgan fingerprint density at radius 2 is 1.67 bits per heavy atom. The van der Waals surface area contributed by atoms with E-state index in [4.69, 9.17) is 0 Å². The lowest BCUT2D eigenvalue weighted by atomic mass is 10.2. The van der Waals surface area contributed by atoms with Crippen LogP contribution >= 0.6 is 22.6 Å². The smallest absolute Gasteiger partial charge is 0.0894 e. The van der Waals surface area contributed by atoms with Crippen LogP contribution in [0, 0.1) is 0 Å². The van der Waals surface area contributed by atoms with Crippen molar-refractivity contribution in [2.75, 3.05) is 0 Å². The van der Waals surface area contributed by atoms with Crippen molar-refractivity contribution in [3.63, 3.8) is 0 Å². The van der Waals surface area contributed by atoms with Gasteiger partial charge in [0.15, 0.2) is 0 Å². The van der Waals surface area contributed by atoms with Crippen LogP contribution in [-0.2, 0) is 0 Å². The molecule has 0 spiro atoms. The van der Waals surface area contributed by atoms with Crippen LogP contribution in [0.3, 0.4) is 0 Å². The first-order valence-electron chi connectivity index (χ1n) is 2.63. The van der Waals surface area contributed by atoms with Crippen LogP contribution < -0.4 is 0 Å². The van der Waals surface area contributed by atoms with E-state index < -0.39 is 0 Å². The van der Waals surface area contributed by atoms with E-state index in [1.807, 2.05) is 19.4 Å². The second-order valence-corrected chi connectivity index (χ2v) is 4.33. The summed E-state index contributed by atoms with van der Waals surface area (Å²) in [5.74, 6) is 0. The molecule has 0 aromatic carbocycles. The van der Waals surface area contributed by atoms with Crippen molar-refractivity contribution < 1.29 is 0 Å². The predicted octanol–water partition coefficient (Wildman–Crippen LogP) is 1.81. The molecule has 2 nitrogen and oxygen atoms in total. The van der Waals surface area contributed by atoms with Crippen LogP contribution in [0.25, 0.3) is 0 Å². The van der Waals surface area contributed by atoms with E-state index in [0.717, 1.165) is 0 Å². The number of rotatable bonds is 0. The summed E-state index contributed by atoms with van der Waals surface area (Å²) < 4.78 is -0.0126. The van der Waals surface area contributed by atoms with E-state index >= 15 is 0 Å². The van der Waals surface area contributed by atoms with Crippen LogP contribution in [0.5, 0.6) is 0 Å². The first kappa shape index (κ1) is 6.92. The molecule has 1 aliphatic rings. The standard InChI is InChI=1S/C6H7IN2/c1-6(7)4-8-2-3-9-5-6/h2-5H,1H3. The molecule has 0 bridgehead atoms. The van der Waals surface area contributed by atoms with Crippen molar-refractivity contribution in [1.82, 2.24) is 0 Å². The minimum absolute atomic E-state index is 0.0126. The zero-order valence-electron chi connectivity index (χ0n) is 5.08. The molecular formula is C6H7IN2. The van der Waals surface area contributed by atoms with Crippen LogP contribution in [0.15, 0.2) is 22.4 Å². The lowest BCUT2D eigenvalue weighted by Crippen LogP contribution is -2.17. The highest BCUT2D eigenvalue weighted by Crippen LogP contribution is 2.13. The second kappa shape index (κ2) is 2.60. The minimum Gasteiger partial charge on any atom is -0.266 e. The van der Waals surface area contributed by atoms with Gasteiger partial charge in [0, 0.05) is 24.8 Å². The van der Waals surface area contributed by atoms with E-state index in [0.29, 0.717) is 0 Å². The molecule has 0 aliphatic carbocycles. The summed E-state index contributed by atoms with van der Waals surface area (Å²) >= 11 is 2.28. The molecule has 1 heterocycles. The molecule has 9 heavy (non-hydrogen) atoms. The number of alkyl halides is 1. The molecule has 3 heteroatoms. The van der Waals surface area contributed by atoms with Gasteiger partial charge in [-0.15, -0.1) is 0 Å². The fraction of sp³-hybridized carbons (Fsp3) is 0.333. The minimum atomic E-state index is -0.0126. The summed E-state index contributed by atoms with van der Waals surface area (Å²) in [7, 11) is 0. The van der Waals surface area contributed by atoms with Crippen LogP contribution in [0.4, 0.5) is 0 Å². The third-order valence-corrected chi connectivity index (χ3v) is 1.45. The normalized spacial score (nSPS) is 22.0. The third-order valence-electron chi connectivity index (χ3n) is 0.893. The summed E-state index contributed by atoms with van der Waals surface area (Å²) in [6.45, 7) is 2.05. The zero-order valence-corrected chi connectivity index (χ0v) is 7.24. The SMILES string of the molecule is CC1(I)C=NC=CN=C1. The van der Waals surface area contributed by atoms with Gasteiger partial charge in [0.25, 0.3) is 0 Å².